The monoisotopic (exact) mass is 456 g/mol. The van der Waals surface area contributed by atoms with Crippen LogP contribution < -0.4 is 23.8 Å². The van der Waals surface area contributed by atoms with Gasteiger partial charge in [0.1, 0.15) is 12.4 Å². The van der Waals surface area contributed by atoms with E-state index >= 15 is 0 Å². The highest BCUT2D eigenvalue weighted by atomic mass is 16.5. The summed E-state index contributed by atoms with van der Waals surface area (Å²) in [5.74, 6) is 1.52. The molecule has 0 aromatic heterocycles. The molecule has 178 valence electrons. The first-order chi connectivity index (χ1) is 15.8. The van der Waals surface area contributed by atoms with Crippen LogP contribution in [0.2, 0.25) is 0 Å². The van der Waals surface area contributed by atoms with Crippen LogP contribution in [0.25, 0.3) is 0 Å². The molecule has 1 fully saturated rings. The lowest BCUT2D eigenvalue weighted by Gasteiger charge is -2.22. The lowest BCUT2D eigenvalue weighted by molar-refractivity contribution is -0.134. The number of likely N-dealkylation sites (N-methyl/N-ethyl adjacent to an activating group) is 1. The van der Waals surface area contributed by atoms with Gasteiger partial charge in [0.15, 0.2) is 11.5 Å². The first-order valence-electron chi connectivity index (χ1n) is 10.8. The molecule has 2 aromatic rings. The molecule has 0 radical (unpaired) electrons. The van der Waals surface area contributed by atoms with E-state index in [0.29, 0.717) is 42.6 Å². The highest BCUT2D eigenvalue weighted by molar-refractivity contribution is 6.00. The zero-order chi connectivity index (χ0) is 24.1. The second kappa shape index (κ2) is 10.5. The van der Waals surface area contributed by atoms with Gasteiger partial charge in [-0.05, 0) is 37.1 Å². The van der Waals surface area contributed by atoms with Crippen molar-refractivity contribution in [3.8, 4) is 23.0 Å². The summed E-state index contributed by atoms with van der Waals surface area (Å²) in [6.45, 7) is 5.14. The minimum atomic E-state index is -0.428. The third kappa shape index (κ3) is 5.50. The molecule has 2 aromatic carbocycles. The molecule has 0 bridgehead atoms. The number of carbonyl (C=O) groups excluding carboxylic acids is 2. The van der Waals surface area contributed by atoms with E-state index < -0.39 is 5.92 Å². The summed E-state index contributed by atoms with van der Waals surface area (Å²) >= 11 is 0. The summed E-state index contributed by atoms with van der Waals surface area (Å²) in [6.07, 6.45) is 0.151. The van der Waals surface area contributed by atoms with Crippen LogP contribution in [0, 0.1) is 19.8 Å². The highest BCUT2D eigenvalue weighted by Crippen LogP contribution is 2.42. The van der Waals surface area contributed by atoms with Crippen LogP contribution in [0.15, 0.2) is 30.3 Å². The minimum Gasteiger partial charge on any atom is -0.493 e. The Kier molecular flexibility index (Phi) is 7.68. The Balaban J connectivity index is 1.63. The number of benzene rings is 2. The van der Waals surface area contributed by atoms with Gasteiger partial charge in [0.05, 0.1) is 39.5 Å². The van der Waals surface area contributed by atoms with Crippen molar-refractivity contribution in [2.24, 2.45) is 5.92 Å². The molecule has 8 nitrogen and oxygen atoms in total. The number of rotatable bonds is 9. The third-order valence-electron chi connectivity index (χ3n) is 5.70. The predicted molar refractivity (Wildman–Crippen MR) is 126 cm³/mol. The normalized spacial score (nSPS) is 15.4. The summed E-state index contributed by atoms with van der Waals surface area (Å²) in [6, 6.07) is 9.46. The second-order valence-corrected chi connectivity index (χ2v) is 8.22. The fraction of sp³-hybridized carbons (Fsp3) is 0.440. The Hall–Kier alpha value is -3.42. The van der Waals surface area contributed by atoms with Crippen molar-refractivity contribution in [2.75, 3.05) is 53.0 Å². The van der Waals surface area contributed by atoms with Crippen LogP contribution >= 0.6 is 0 Å². The van der Waals surface area contributed by atoms with Gasteiger partial charge in [-0.25, -0.2) is 0 Å². The quantitative estimate of drug-likeness (QED) is 0.577. The van der Waals surface area contributed by atoms with E-state index in [2.05, 4.69) is 6.07 Å². The maximum atomic E-state index is 13.0. The zero-order valence-electron chi connectivity index (χ0n) is 20.1. The lowest BCUT2D eigenvalue weighted by Crippen LogP contribution is -2.37. The summed E-state index contributed by atoms with van der Waals surface area (Å²) in [4.78, 5) is 28.9. The fourth-order valence-electron chi connectivity index (χ4n) is 4.08. The molecule has 33 heavy (non-hydrogen) atoms. The van der Waals surface area contributed by atoms with E-state index in [1.807, 2.05) is 26.0 Å². The number of hydrogen-bond donors (Lipinski definition) is 0. The molecular formula is C25H32N2O6. The maximum absolute atomic E-state index is 13.0. The van der Waals surface area contributed by atoms with Gasteiger partial charge in [-0.2, -0.15) is 0 Å². The molecule has 1 atom stereocenters. The maximum Gasteiger partial charge on any atom is 0.227 e. The van der Waals surface area contributed by atoms with E-state index in [1.165, 1.54) is 21.3 Å². The second-order valence-electron chi connectivity index (χ2n) is 8.22. The van der Waals surface area contributed by atoms with Gasteiger partial charge < -0.3 is 28.7 Å². The van der Waals surface area contributed by atoms with Gasteiger partial charge in [-0.15, -0.1) is 0 Å². The lowest BCUT2D eigenvalue weighted by atomic mass is 10.1. The molecule has 2 amide bonds. The average Bonchev–Trinajstić information content (AvgIpc) is 3.18. The van der Waals surface area contributed by atoms with Crippen molar-refractivity contribution in [3.63, 3.8) is 0 Å². The number of nitrogens with zero attached hydrogens (tertiary/aromatic N) is 2. The van der Waals surface area contributed by atoms with Crippen LogP contribution in [0.1, 0.15) is 17.5 Å². The Morgan fingerprint density at radius 2 is 1.61 bits per heavy atom. The van der Waals surface area contributed by atoms with Crippen LogP contribution in [0.3, 0.4) is 0 Å². The van der Waals surface area contributed by atoms with Crippen molar-refractivity contribution in [1.82, 2.24) is 4.90 Å². The Morgan fingerprint density at radius 3 is 2.15 bits per heavy atom. The van der Waals surface area contributed by atoms with Gasteiger partial charge in [-0.3, -0.25) is 9.59 Å². The predicted octanol–water partition coefficient (Wildman–Crippen LogP) is 3.22. The van der Waals surface area contributed by atoms with E-state index in [9.17, 15) is 9.59 Å². The number of aryl methyl sites for hydroxylation is 2. The summed E-state index contributed by atoms with van der Waals surface area (Å²) in [7, 11) is 6.30. The third-order valence-corrected chi connectivity index (χ3v) is 5.70. The number of hydrogen-bond acceptors (Lipinski definition) is 6. The molecule has 3 rings (SSSR count). The topological polar surface area (TPSA) is 77.5 Å². The Labute approximate surface area is 195 Å². The summed E-state index contributed by atoms with van der Waals surface area (Å²) in [5.41, 5.74) is 2.86. The van der Waals surface area contributed by atoms with Crippen LogP contribution in [-0.4, -0.2) is 64.8 Å². The van der Waals surface area contributed by atoms with Gasteiger partial charge in [0, 0.05) is 32.1 Å². The standard InChI is InChI=1S/C25H32N2O6/c1-16-9-17(2)11-20(10-16)33-8-7-26(3)25(29)18-12-23(28)27(15-18)19-13-21(30-4)24(32-6)22(14-19)31-5/h9-11,13-14,18H,7-8,12,15H2,1-6H3. The average molecular weight is 457 g/mol. The summed E-state index contributed by atoms with van der Waals surface area (Å²) in [5, 5.41) is 0. The number of anilines is 1. The van der Waals surface area contributed by atoms with E-state index in [-0.39, 0.29) is 18.2 Å². The molecule has 1 saturated heterocycles. The molecule has 0 aliphatic carbocycles. The first kappa shape index (κ1) is 24.2. The SMILES string of the molecule is COc1cc(N2CC(C(=O)N(C)CCOc3cc(C)cc(C)c3)CC2=O)cc(OC)c1OC. The summed E-state index contributed by atoms with van der Waals surface area (Å²) < 4.78 is 22.0. The van der Waals surface area contributed by atoms with Gasteiger partial charge >= 0.3 is 0 Å². The van der Waals surface area contributed by atoms with Crippen LogP contribution in [0.4, 0.5) is 5.69 Å². The smallest absolute Gasteiger partial charge is 0.227 e. The molecule has 1 aliphatic rings. The Bertz CT molecular complexity index is 977. The highest BCUT2D eigenvalue weighted by Gasteiger charge is 2.37. The van der Waals surface area contributed by atoms with E-state index in [0.717, 1.165) is 16.9 Å². The largest absolute Gasteiger partial charge is 0.493 e. The minimum absolute atomic E-state index is 0.0812. The number of methoxy groups -OCH3 is 3. The molecule has 1 aliphatic heterocycles. The molecule has 1 heterocycles. The molecular weight excluding hydrogens is 424 g/mol. The number of carbonyl (C=O) groups is 2. The fourth-order valence-corrected chi connectivity index (χ4v) is 4.08. The van der Waals surface area contributed by atoms with Crippen LogP contribution in [-0.2, 0) is 9.59 Å². The molecule has 0 saturated carbocycles. The number of amides is 2. The zero-order valence-corrected chi connectivity index (χ0v) is 20.1. The van der Waals surface area contributed by atoms with Crippen molar-refractivity contribution >= 4 is 17.5 Å². The van der Waals surface area contributed by atoms with E-state index in [1.54, 1.807) is 29.0 Å². The Morgan fingerprint density at radius 1 is 1.00 bits per heavy atom. The molecule has 0 N–H and O–H groups in total. The van der Waals surface area contributed by atoms with Crippen molar-refractivity contribution < 1.29 is 28.5 Å². The van der Waals surface area contributed by atoms with Crippen LogP contribution in [0.5, 0.6) is 23.0 Å². The van der Waals surface area contributed by atoms with Crippen molar-refractivity contribution in [2.45, 2.75) is 20.3 Å². The van der Waals surface area contributed by atoms with Crippen molar-refractivity contribution in [1.29, 1.82) is 0 Å². The molecule has 8 heteroatoms. The van der Waals surface area contributed by atoms with Crippen molar-refractivity contribution in [3.05, 3.63) is 41.5 Å². The van der Waals surface area contributed by atoms with Gasteiger partial charge in [-0.1, -0.05) is 6.07 Å². The first-order valence-corrected chi connectivity index (χ1v) is 10.8. The number of ether oxygens (including phenoxy) is 4. The van der Waals surface area contributed by atoms with Gasteiger partial charge in [0.2, 0.25) is 17.6 Å². The van der Waals surface area contributed by atoms with E-state index in [4.69, 9.17) is 18.9 Å². The van der Waals surface area contributed by atoms with Gasteiger partial charge in [0.25, 0.3) is 0 Å². The molecule has 0 spiro atoms. The molecule has 1 unspecified atom stereocenters.